The fourth-order valence-corrected chi connectivity index (χ4v) is 2.71. The average Bonchev–Trinajstić information content (AvgIpc) is 2.94. The molecule has 1 heterocycles. The van der Waals surface area contributed by atoms with Crippen LogP contribution in [0.3, 0.4) is 0 Å². The van der Waals surface area contributed by atoms with Gasteiger partial charge in [0.05, 0.1) is 23.6 Å². The summed E-state index contributed by atoms with van der Waals surface area (Å²) in [7, 11) is -3.80. The molecule has 2 aromatic carbocycles. The summed E-state index contributed by atoms with van der Waals surface area (Å²) in [5.41, 5.74) is 4.76. The van der Waals surface area contributed by atoms with E-state index in [1.165, 1.54) is 6.07 Å². The lowest BCUT2D eigenvalue weighted by molar-refractivity contribution is 0.598. The molecule has 3 rings (SSSR count). The van der Waals surface area contributed by atoms with Crippen molar-refractivity contribution in [3.63, 3.8) is 0 Å². The van der Waals surface area contributed by atoms with Crippen LogP contribution in [0.25, 0.3) is 10.9 Å². The highest BCUT2D eigenvalue weighted by Gasteiger charge is 2.12. The number of rotatable bonds is 4. The third-order valence-corrected chi connectivity index (χ3v) is 4.03. The van der Waals surface area contributed by atoms with Gasteiger partial charge in [-0.15, -0.1) is 0 Å². The molecule has 0 radical (unpaired) electrons. The van der Waals surface area contributed by atoms with Crippen molar-refractivity contribution < 1.29 is 8.42 Å². The molecule has 0 fully saturated rings. The summed E-state index contributed by atoms with van der Waals surface area (Å²) in [4.78, 5) is -0.00355. The minimum Gasteiger partial charge on any atom is -0.278 e. The Kier molecular flexibility index (Phi) is 3.61. The Labute approximate surface area is 126 Å². The summed E-state index contributed by atoms with van der Waals surface area (Å²) >= 11 is 0. The maximum absolute atomic E-state index is 11.5. The Morgan fingerprint density at radius 2 is 2.05 bits per heavy atom. The molecular formula is C14H13N5O2S. The van der Waals surface area contributed by atoms with Crippen molar-refractivity contribution in [3.05, 3.63) is 54.2 Å². The number of primary sulfonamides is 1. The summed E-state index contributed by atoms with van der Waals surface area (Å²) in [5, 5.41) is 17.0. The van der Waals surface area contributed by atoms with E-state index in [0.29, 0.717) is 5.69 Å². The minimum absolute atomic E-state index is 0.00355. The minimum atomic E-state index is -3.80. The number of H-pyrrole nitrogens is 1. The number of aromatic nitrogens is 2. The Balaban J connectivity index is 1.83. The van der Waals surface area contributed by atoms with Gasteiger partial charge in [0.1, 0.15) is 4.90 Å². The van der Waals surface area contributed by atoms with Crippen LogP contribution in [0.1, 0.15) is 5.56 Å². The maximum atomic E-state index is 11.5. The molecule has 0 aliphatic heterocycles. The van der Waals surface area contributed by atoms with Crippen molar-refractivity contribution in [2.24, 2.45) is 10.2 Å². The lowest BCUT2D eigenvalue weighted by atomic mass is 10.2. The third-order valence-electron chi connectivity index (χ3n) is 3.06. The second-order valence-electron chi connectivity index (χ2n) is 4.63. The molecule has 112 valence electrons. The van der Waals surface area contributed by atoms with Gasteiger partial charge in [-0.2, -0.15) is 10.2 Å². The van der Waals surface area contributed by atoms with Crippen LogP contribution in [0.4, 0.5) is 5.69 Å². The molecule has 0 bridgehead atoms. The topological polar surface area (TPSA) is 113 Å². The molecule has 0 aliphatic carbocycles. The van der Waals surface area contributed by atoms with E-state index in [-0.39, 0.29) is 4.90 Å². The number of hydrazone groups is 1. The maximum Gasteiger partial charge on any atom is 0.240 e. The molecule has 7 nitrogen and oxygen atoms in total. The van der Waals surface area contributed by atoms with Crippen molar-refractivity contribution >= 4 is 32.8 Å². The smallest absolute Gasteiger partial charge is 0.240 e. The summed E-state index contributed by atoms with van der Waals surface area (Å²) < 4.78 is 23.0. The monoisotopic (exact) mass is 315 g/mol. The number of sulfonamides is 1. The number of hydrogen-bond donors (Lipinski definition) is 3. The van der Waals surface area contributed by atoms with Crippen LogP contribution < -0.4 is 10.6 Å². The van der Waals surface area contributed by atoms with Crippen molar-refractivity contribution in [1.29, 1.82) is 0 Å². The molecule has 8 heteroatoms. The van der Waals surface area contributed by atoms with Gasteiger partial charge in [0, 0.05) is 5.39 Å². The van der Waals surface area contributed by atoms with E-state index in [4.69, 9.17) is 5.14 Å². The van der Waals surface area contributed by atoms with Gasteiger partial charge in [-0.25, -0.2) is 13.6 Å². The van der Waals surface area contributed by atoms with Gasteiger partial charge in [0.25, 0.3) is 0 Å². The molecule has 0 aliphatic rings. The summed E-state index contributed by atoms with van der Waals surface area (Å²) in [5.74, 6) is 0. The highest BCUT2D eigenvalue weighted by atomic mass is 32.2. The van der Waals surface area contributed by atoms with Gasteiger partial charge in [0.15, 0.2) is 0 Å². The van der Waals surface area contributed by atoms with E-state index in [1.54, 1.807) is 30.6 Å². The number of benzene rings is 2. The fourth-order valence-electron chi connectivity index (χ4n) is 2.02. The molecule has 22 heavy (non-hydrogen) atoms. The Morgan fingerprint density at radius 1 is 1.23 bits per heavy atom. The van der Waals surface area contributed by atoms with E-state index in [1.807, 2.05) is 18.2 Å². The molecule has 0 spiro atoms. The van der Waals surface area contributed by atoms with Crippen LogP contribution in [-0.4, -0.2) is 24.8 Å². The number of nitrogens with zero attached hydrogens (tertiary/aromatic N) is 2. The predicted octanol–water partition coefficient (Wildman–Crippen LogP) is 1.66. The number of para-hydroxylation sites is 1. The first-order valence-corrected chi connectivity index (χ1v) is 7.93. The molecule has 0 atom stereocenters. The van der Waals surface area contributed by atoms with Gasteiger partial charge in [-0.05, 0) is 23.8 Å². The number of anilines is 1. The van der Waals surface area contributed by atoms with Gasteiger partial charge in [-0.3, -0.25) is 10.5 Å². The standard InChI is InChI=1S/C14H13N5O2S/c15-22(20,21)14-4-2-1-3-12(14)18-16-8-10-5-6-11-9-17-19-13(11)7-10/h1-9,18H,(H,17,19)(H2,15,20,21)/b16-8+. The second kappa shape index (κ2) is 5.58. The molecule has 0 unspecified atom stereocenters. The number of aromatic amines is 1. The number of hydrogen-bond acceptors (Lipinski definition) is 5. The first kappa shape index (κ1) is 14.2. The summed E-state index contributed by atoms with van der Waals surface area (Å²) in [6.07, 6.45) is 3.32. The first-order valence-electron chi connectivity index (χ1n) is 6.38. The fraction of sp³-hybridized carbons (Fsp3) is 0. The lowest BCUT2D eigenvalue weighted by Gasteiger charge is -2.05. The van der Waals surface area contributed by atoms with E-state index in [0.717, 1.165) is 16.5 Å². The zero-order valence-corrected chi connectivity index (χ0v) is 12.2. The molecule has 3 aromatic rings. The third kappa shape index (κ3) is 2.97. The van der Waals surface area contributed by atoms with Crippen molar-refractivity contribution in [1.82, 2.24) is 10.2 Å². The number of nitrogens with two attached hydrogens (primary N) is 1. The Hall–Kier alpha value is -2.71. The first-order chi connectivity index (χ1) is 10.5. The zero-order chi connectivity index (χ0) is 15.6. The van der Waals surface area contributed by atoms with Gasteiger partial charge in [-0.1, -0.05) is 24.3 Å². The van der Waals surface area contributed by atoms with Gasteiger partial charge < -0.3 is 0 Å². The van der Waals surface area contributed by atoms with Gasteiger partial charge >= 0.3 is 0 Å². The van der Waals surface area contributed by atoms with Crippen molar-refractivity contribution in [2.45, 2.75) is 4.90 Å². The van der Waals surface area contributed by atoms with Crippen molar-refractivity contribution in [2.75, 3.05) is 5.43 Å². The molecule has 1 aromatic heterocycles. The van der Waals surface area contributed by atoms with Crippen LogP contribution in [-0.2, 0) is 10.0 Å². The second-order valence-corrected chi connectivity index (χ2v) is 6.16. The molecule has 4 N–H and O–H groups in total. The van der Waals surface area contributed by atoms with Crippen molar-refractivity contribution in [3.8, 4) is 0 Å². The van der Waals surface area contributed by atoms with Crippen LogP contribution in [0, 0.1) is 0 Å². The Morgan fingerprint density at radius 3 is 2.86 bits per heavy atom. The van der Waals surface area contributed by atoms with Crippen LogP contribution in [0.15, 0.2) is 58.7 Å². The van der Waals surface area contributed by atoms with E-state index in [9.17, 15) is 8.42 Å². The van der Waals surface area contributed by atoms with E-state index < -0.39 is 10.0 Å². The lowest BCUT2D eigenvalue weighted by Crippen LogP contribution is -2.13. The zero-order valence-electron chi connectivity index (χ0n) is 11.4. The molecular weight excluding hydrogens is 302 g/mol. The van der Waals surface area contributed by atoms with Crippen LogP contribution in [0.5, 0.6) is 0 Å². The summed E-state index contributed by atoms with van der Waals surface area (Å²) in [6, 6.07) is 12.0. The average molecular weight is 315 g/mol. The molecule has 0 saturated heterocycles. The van der Waals surface area contributed by atoms with Crippen LogP contribution >= 0.6 is 0 Å². The predicted molar refractivity (Wildman–Crippen MR) is 85.1 cm³/mol. The molecule has 0 amide bonds. The highest BCUT2D eigenvalue weighted by Crippen LogP contribution is 2.19. The quantitative estimate of drug-likeness (QED) is 0.502. The SMILES string of the molecule is NS(=O)(=O)c1ccccc1N/N=C/c1ccc2cn[nH]c2c1. The number of fused-ring (bicyclic) bond motifs is 1. The van der Waals surface area contributed by atoms with Gasteiger partial charge in [0.2, 0.25) is 10.0 Å². The summed E-state index contributed by atoms with van der Waals surface area (Å²) in [6.45, 7) is 0. The molecule has 0 saturated carbocycles. The largest absolute Gasteiger partial charge is 0.278 e. The van der Waals surface area contributed by atoms with Crippen LogP contribution in [0.2, 0.25) is 0 Å². The number of nitrogens with one attached hydrogen (secondary N) is 2. The van der Waals surface area contributed by atoms with E-state index >= 15 is 0 Å². The van der Waals surface area contributed by atoms with E-state index in [2.05, 4.69) is 20.7 Å². The normalized spacial score (nSPS) is 12.0. The highest BCUT2D eigenvalue weighted by molar-refractivity contribution is 7.89. The Bertz CT molecular complexity index is 947.